The molecule has 0 saturated heterocycles. The van der Waals surface area contributed by atoms with Gasteiger partial charge < -0.3 is 5.11 Å². The lowest BCUT2D eigenvalue weighted by atomic mass is 10.2. The molecule has 1 aromatic rings. The molecule has 1 heterocycles. The fourth-order valence-electron chi connectivity index (χ4n) is 1.13. The van der Waals surface area contributed by atoms with Crippen LogP contribution in [0.2, 0.25) is 0 Å². The largest absolute Gasteiger partial charge is 0.477 e. The summed E-state index contributed by atoms with van der Waals surface area (Å²) in [4.78, 5) is 28.3. The van der Waals surface area contributed by atoms with Crippen molar-refractivity contribution in [1.29, 1.82) is 0 Å². The zero-order valence-electron chi connectivity index (χ0n) is 9.65. The number of anilines is 1. The first-order valence-corrected chi connectivity index (χ1v) is 5.16. The summed E-state index contributed by atoms with van der Waals surface area (Å²) in [6.45, 7) is 3.31. The number of aliphatic carboxylic acids is 1. The van der Waals surface area contributed by atoms with E-state index in [9.17, 15) is 9.59 Å². The Kier molecular flexibility index (Phi) is 4.38. The normalized spacial score (nSPS) is 11.3. The van der Waals surface area contributed by atoms with E-state index in [0.29, 0.717) is 12.1 Å². The lowest BCUT2D eigenvalue weighted by molar-refractivity contribution is -0.129. The van der Waals surface area contributed by atoms with Crippen LogP contribution in [-0.4, -0.2) is 26.8 Å². The van der Waals surface area contributed by atoms with E-state index in [-0.39, 0.29) is 17.2 Å². The molecule has 1 aromatic heterocycles. The van der Waals surface area contributed by atoms with Gasteiger partial charge in [-0.2, -0.15) is 5.10 Å². The van der Waals surface area contributed by atoms with Crippen molar-refractivity contribution in [1.82, 2.24) is 9.97 Å². The van der Waals surface area contributed by atoms with Crippen LogP contribution in [-0.2, 0) is 11.2 Å². The Hall–Kier alpha value is -2.18. The van der Waals surface area contributed by atoms with Crippen LogP contribution < -0.4 is 11.0 Å². The van der Waals surface area contributed by atoms with E-state index < -0.39 is 5.97 Å². The summed E-state index contributed by atoms with van der Waals surface area (Å²) in [6.07, 6.45) is 1.55. The Morgan fingerprint density at radius 3 is 2.94 bits per heavy atom. The molecule has 0 aliphatic carbocycles. The van der Waals surface area contributed by atoms with E-state index in [1.165, 1.54) is 13.0 Å². The minimum atomic E-state index is -1.13. The lowest BCUT2D eigenvalue weighted by Gasteiger charge is -2.02. The van der Waals surface area contributed by atoms with Crippen molar-refractivity contribution < 1.29 is 9.90 Å². The highest BCUT2D eigenvalue weighted by Gasteiger charge is 2.03. The Morgan fingerprint density at radius 2 is 2.35 bits per heavy atom. The molecular weight excluding hydrogens is 224 g/mol. The number of hydrogen-bond acceptors (Lipinski definition) is 5. The molecule has 7 heteroatoms. The number of carboxylic acids is 1. The summed E-state index contributed by atoms with van der Waals surface area (Å²) in [5.74, 6) is -0.994. The molecule has 0 aliphatic rings. The van der Waals surface area contributed by atoms with Gasteiger partial charge in [-0.05, 0) is 13.3 Å². The molecule has 0 saturated carbocycles. The van der Waals surface area contributed by atoms with Crippen molar-refractivity contribution in [3.05, 3.63) is 22.1 Å². The van der Waals surface area contributed by atoms with Crippen molar-refractivity contribution in [2.24, 2.45) is 5.10 Å². The van der Waals surface area contributed by atoms with Gasteiger partial charge in [0.1, 0.15) is 5.71 Å². The minimum absolute atomic E-state index is 0.117. The first-order valence-electron chi connectivity index (χ1n) is 5.16. The molecular formula is C10H14N4O3. The zero-order valence-corrected chi connectivity index (χ0v) is 9.65. The number of aromatic nitrogens is 2. The second kappa shape index (κ2) is 5.78. The van der Waals surface area contributed by atoms with Crippen molar-refractivity contribution >= 4 is 17.6 Å². The zero-order chi connectivity index (χ0) is 12.8. The maximum Gasteiger partial charge on any atom is 0.351 e. The van der Waals surface area contributed by atoms with Gasteiger partial charge in [0.25, 0.3) is 5.56 Å². The minimum Gasteiger partial charge on any atom is -0.477 e. The number of nitrogens with one attached hydrogen (secondary N) is 2. The number of aryl methyl sites for hydroxylation is 1. The first kappa shape index (κ1) is 12.9. The number of nitrogens with zero attached hydrogens (tertiary/aromatic N) is 2. The molecule has 92 valence electrons. The molecule has 0 aromatic carbocycles. The molecule has 1 rings (SSSR count). The highest BCUT2D eigenvalue weighted by atomic mass is 16.4. The van der Waals surface area contributed by atoms with Crippen LogP contribution in [0.15, 0.2) is 16.0 Å². The van der Waals surface area contributed by atoms with Gasteiger partial charge in [0.05, 0.1) is 0 Å². The number of hydrogen-bond donors (Lipinski definition) is 3. The number of carbonyl (C=O) groups is 1. The first-order chi connectivity index (χ1) is 8.02. The van der Waals surface area contributed by atoms with Crippen LogP contribution in [0.5, 0.6) is 0 Å². The molecule has 7 nitrogen and oxygen atoms in total. The Bertz CT molecular complexity index is 493. The summed E-state index contributed by atoms with van der Waals surface area (Å²) in [6, 6.07) is 1.41. The smallest absolute Gasteiger partial charge is 0.351 e. The average molecular weight is 238 g/mol. The molecule has 0 radical (unpaired) electrons. The van der Waals surface area contributed by atoms with Crippen LogP contribution in [0, 0.1) is 0 Å². The summed E-state index contributed by atoms with van der Waals surface area (Å²) in [7, 11) is 0. The van der Waals surface area contributed by atoms with Crippen molar-refractivity contribution in [3.8, 4) is 0 Å². The van der Waals surface area contributed by atoms with Crippen molar-refractivity contribution in [2.75, 3.05) is 5.43 Å². The van der Waals surface area contributed by atoms with Gasteiger partial charge in [-0.1, -0.05) is 13.3 Å². The van der Waals surface area contributed by atoms with E-state index in [0.717, 1.165) is 6.42 Å². The van der Waals surface area contributed by atoms with Crippen molar-refractivity contribution in [2.45, 2.75) is 26.7 Å². The fourth-order valence-corrected chi connectivity index (χ4v) is 1.13. The van der Waals surface area contributed by atoms with Gasteiger partial charge in [0, 0.05) is 11.8 Å². The van der Waals surface area contributed by atoms with E-state index in [2.05, 4.69) is 20.5 Å². The standard InChI is InChI=1S/C10H14N4O3/c1-3-4-7-5-8(15)12-10(11-7)14-13-6(2)9(16)17/h5H,3-4H2,1-2H3,(H,16,17)(H2,11,12,14,15)/b13-6-. The third-order valence-corrected chi connectivity index (χ3v) is 1.94. The highest BCUT2D eigenvalue weighted by Crippen LogP contribution is 2.00. The van der Waals surface area contributed by atoms with Crippen molar-refractivity contribution in [3.63, 3.8) is 0 Å². The Balaban J connectivity index is 2.88. The molecule has 0 spiro atoms. The second-order valence-electron chi connectivity index (χ2n) is 3.45. The highest BCUT2D eigenvalue weighted by molar-refractivity contribution is 6.34. The predicted octanol–water partition coefficient (Wildman–Crippen LogP) is 0.595. The van der Waals surface area contributed by atoms with Crippen LogP contribution in [0.3, 0.4) is 0 Å². The fraction of sp³-hybridized carbons (Fsp3) is 0.400. The maximum atomic E-state index is 11.3. The van der Waals surface area contributed by atoms with E-state index in [1.807, 2.05) is 6.92 Å². The quantitative estimate of drug-likeness (QED) is 0.514. The Morgan fingerprint density at radius 1 is 1.65 bits per heavy atom. The summed E-state index contributed by atoms with van der Waals surface area (Å²) in [5, 5.41) is 12.2. The SMILES string of the molecule is CCCc1cc(=O)[nH]c(N/N=C(/C)C(=O)O)n1. The molecule has 17 heavy (non-hydrogen) atoms. The molecule has 0 bridgehead atoms. The van der Waals surface area contributed by atoms with Crippen LogP contribution in [0.1, 0.15) is 26.0 Å². The van der Waals surface area contributed by atoms with Crippen LogP contribution in [0.25, 0.3) is 0 Å². The van der Waals surface area contributed by atoms with Gasteiger partial charge in [-0.3, -0.25) is 9.78 Å². The summed E-state index contributed by atoms with van der Waals surface area (Å²) < 4.78 is 0. The third-order valence-electron chi connectivity index (χ3n) is 1.94. The van der Waals surface area contributed by atoms with Gasteiger partial charge >= 0.3 is 5.97 Å². The summed E-state index contributed by atoms with van der Waals surface area (Å²) >= 11 is 0. The van der Waals surface area contributed by atoms with Crippen LogP contribution in [0.4, 0.5) is 5.95 Å². The molecule has 0 fully saturated rings. The van der Waals surface area contributed by atoms with E-state index in [4.69, 9.17) is 5.11 Å². The molecule has 0 amide bonds. The second-order valence-corrected chi connectivity index (χ2v) is 3.45. The molecule has 0 atom stereocenters. The van der Waals surface area contributed by atoms with E-state index in [1.54, 1.807) is 0 Å². The molecule has 3 N–H and O–H groups in total. The molecule has 0 unspecified atom stereocenters. The van der Waals surface area contributed by atoms with E-state index >= 15 is 0 Å². The number of aromatic amines is 1. The third kappa shape index (κ3) is 4.06. The number of hydrazone groups is 1. The maximum absolute atomic E-state index is 11.3. The topological polar surface area (TPSA) is 107 Å². The van der Waals surface area contributed by atoms with Crippen LogP contribution >= 0.6 is 0 Å². The summed E-state index contributed by atoms with van der Waals surface area (Å²) in [5.41, 5.74) is 2.63. The average Bonchev–Trinajstić information content (AvgIpc) is 2.25. The van der Waals surface area contributed by atoms with Gasteiger partial charge in [-0.15, -0.1) is 0 Å². The van der Waals surface area contributed by atoms with Gasteiger partial charge in [0.15, 0.2) is 0 Å². The lowest BCUT2D eigenvalue weighted by Crippen LogP contribution is -2.14. The molecule has 0 aliphatic heterocycles. The number of rotatable bonds is 5. The van der Waals surface area contributed by atoms with Gasteiger partial charge in [0.2, 0.25) is 5.95 Å². The van der Waals surface area contributed by atoms with Gasteiger partial charge in [-0.25, -0.2) is 15.2 Å². The monoisotopic (exact) mass is 238 g/mol. The number of H-pyrrole nitrogens is 1. The predicted molar refractivity (Wildman–Crippen MR) is 63.2 cm³/mol. The number of carboxylic acid groups (broad SMARTS) is 1. The Labute approximate surface area is 97.6 Å².